The second-order valence-corrected chi connectivity index (χ2v) is 8.31. The number of esters is 2. The lowest BCUT2D eigenvalue weighted by atomic mass is 10.1. The number of benzene rings is 2. The van der Waals surface area contributed by atoms with Gasteiger partial charge in [-0.25, -0.2) is 9.59 Å². The highest BCUT2D eigenvalue weighted by Gasteiger charge is 2.27. The number of carbonyl (C=O) groups is 4. The Kier molecular flexibility index (Phi) is 7.80. The molecule has 9 heteroatoms. The highest BCUT2D eigenvalue weighted by atomic mass is 32.1. The minimum atomic E-state index is -0.649. The van der Waals surface area contributed by atoms with Gasteiger partial charge in [-0.15, -0.1) is 11.3 Å². The topological polar surface area (TPSA) is 111 Å². The van der Waals surface area contributed by atoms with Crippen molar-refractivity contribution in [2.45, 2.75) is 20.8 Å². The van der Waals surface area contributed by atoms with Crippen molar-refractivity contribution in [2.75, 3.05) is 24.4 Å². The van der Waals surface area contributed by atoms with Crippen LogP contribution in [0, 0.1) is 13.8 Å². The minimum absolute atomic E-state index is 0.110. The highest BCUT2D eigenvalue weighted by Crippen LogP contribution is 2.35. The molecule has 0 aliphatic carbocycles. The predicted octanol–water partition coefficient (Wildman–Crippen LogP) is 4.83. The quantitative estimate of drug-likeness (QED) is 0.469. The van der Waals surface area contributed by atoms with Crippen LogP contribution in [0.25, 0.3) is 0 Å². The van der Waals surface area contributed by atoms with E-state index in [0.717, 1.165) is 16.9 Å². The van der Waals surface area contributed by atoms with Crippen LogP contribution in [0.3, 0.4) is 0 Å². The first-order chi connectivity index (χ1) is 16.3. The SMILES string of the molecule is CCOC(=O)c1c(NC(=O)c2ccc(C)cc2)sc(C(=O)Nc2ccccc2C(=O)OC)c1C. The fourth-order valence-corrected chi connectivity index (χ4v) is 4.29. The number of hydrogen-bond acceptors (Lipinski definition) is 7. The van der Waals surface area contributed by atoms with Crippen LogP contribution in [0.4, 0.5) is 10.7 Å². The van der Waals surface area contributed by atoms with Gasteiger partial charge in [-0.3, -0.25) is 9.59 Å². The van der Waals surface area contributed by atoms with Crippen LogP contribution in [-0.4, -0.2) is 37.5 Å². The third-order valence-electron chi connectivity index (χ3n) is 4.95. The number of rotatable bonds is 7. The number of amides is 2. The second kappa shape index (κ2) is 10.8. The molecule has 3 aromatic rings. The van der Waals surface area contributed by atoms with Crippen LogP contribution >= 0.6 is 11.3 Å². The van der Waals surface area contributed by atoms with E-state index in [9.17, 15) is 19.2 Å². The van der Waals surface area contributed by atoms with Crippen molar-refractivity contribution < 1.29 is 28.7 Å². The van der Waals surface area contributed by atoms with Gasteiger partial charge in [-0.2, -0.15) is 0 Å². The van der Waals surface area contributed by atoms with Gasteiger partial charge in [0.1, 0.15) is 5.00 Å². The maximum absolute atomic E-state index is 13.1. The smallest absolute Gasteiger partial charge is 0.341 e. The van der Waals surface area contributed by atoms with Crippen LogP contribution in [0.2, 0.25) is 0 Å². The molecular formula is C25H24N2O6S. The summed E-state index contributed by atoms with van der Waals surface area (Å²) in [7, 11) is 1.25. The van der Waals surface area contributed by atoms with Gasteiger partial charge in [-0.1, -0.05) is 29.8 Å². The first kappa shape index (κ1) is 24.7. The van der Waals surface area contributed by atoms with E-state index < -0.39 is 23.8 Å². The van der Waals surface area contributed by atoms with Crippen molar-refractivity contribution in [3.05, 3.63) is 81.2 Å². The fraction of sp³-hybridized carbons (Fsp3) is 0.200. The third-order valence-corrected chi connectivity index (χ3v) is 6.16. The number of methoxy groups -OCH3 is 1. The molecule has 0 bridgehead atoms. The zero-order valence-electron chi connectivity index (χ0n) is 19.2. The van der Waals surface area contributed by atoms with Gasteiger partial charge in [0.15, 0.2) is 0 Å². The van der Waals surface area contributed by atoms with Crippen LogP contribution in [-0.2, 0) is 9.47 Å². The normalized spacial score (nSPS) is 10.4. The minimum Gasteiger partial charge on any atom is -0.465 e. The number of nitrogens with one attached hydrogen (secondary N) is 2. The standard InChI is InChI=1S/C25H24N2O6S/c1-5-33-25(31)19-15(3)20(22(29)26-18-9-7-6-8-17(18)24(30)32-4)34-23(19)27-21(28)16-12-10-14(2)11-13-16/h6-13H,5H2,1-4H3,(H,26,29)(H,27,28). The summed E-state index contributed by atoms with van der Waals surface area (Å²) in [4.78, 5) is 50.8. The summed E-state index contributed by atoms with van der Waals surface area (Å²) in [6, 6.07) is 13.4. The Balaban J connectivity index is 1.96. The van der Waals surface area contributed by atoms with Crippen molar-refractivity contribution >= 4 is 45.8 Å². The molecular weight excluding hydrogens is 456 g/mol. The third kappa shape index (κ3) is 5.32. The zero-order valence-corrected chi connectivity index (χ0v) is 20.0. The monoisotopic (exact) mass is 480 g/mol. The van der Waals surface area contributed by atoms with E-state index in [1.54, 1.807) is 56.3 Å². The number of anilines is 2. The van der Waals surface area contributed by atoms with Crippen LogP contribution in [0.15, 0.2) is 48.5 Å². The van der Waals surface area contributed by atoms with Crippen molar-refractivity contribution in [2.24, 2.45) is 0 Å². The Morgan fingerprint density at radius 1 is 0.882 bits per heavy atom. The molecule has 0 saturated carbocycles. The van der Waals surface area contributed by atoms with Crippen LogP contribution in [0.5, 0.6) is 0 Å². The van der Waals surface area contributed by atoms with Gasteiger partial charge >= 0.3 is 11.9 Å². The molecule has 0 unspecified atom stereocenters. The number of para-hydroxylation sites is 1. The Morgan fingerprint density at radius 2 is 1.56 bits per heavy atom. The lowest BCUT2D eigenvalue weighted by Crippen LogP contribution is -2.16. The van der Waals surface area contributed by atoms with Crippen molar-refractivity contribution in [1.29, 1.82) is 0 Å². The Morgan fingerprint density at radius 3 is 2.21 bits per heavy atom. The van der Waals surface area contributed by atoms with E-state index in [1.165, 1.54) is 13.2 Å². The fourth-order valence-electron chi connectivity index (χ4n) is 3.21. The summed E-state index contributed by atoms with van der Waals surface area (Å²) in [5.74, 6) is -2.21. The molecule has 8 nitrogen and oxygen atoms in total. The molecule has 2 amide bonds. The Bertz CT molecular complexity index is 1250. The van der Waals surface area contributed by atoms with Crippen molar-refractivity contribution in [3.8, 4) is 0 Å². The molecule has 0 radical (unpaired) electrons. The lowest BCUT2D eigenvalue weighted by molar-refractivity contribution is 0.0526. The molecule has 1 heterocycles. The average Bonchev–Trinajstić information content (AvgIpc) is 3.15. The van der Waals surface area contributed by atoms with E-state index >= 15 is 0 Å². The number of aryl methyl sites for hydroxylation is 1. The van der Waals surface area contributed by atoms with Gasteiger partial charge in [0.25, 0.3) is 11.8 Å². The number of carbonyl (C=O) groups excluding carboxylic acids is 4. The van der Waals surface area contributed by atoms with E-state index in [1.807, 2.05) is 6.92 Å². The number of ether oxygens (including phenoxy) is 2. The average molecular weight is 481 g/mol. The molecule has 0 aliphatic rings. The summed E-state index contributed by atoms with van der Waals surface area (Å²) in [5, 5.41) is 5.62. The molecule has 0 fully saturated rings. The van der Waals surface area contributed by atoms with Gasteiger partial charge in [0.2, 0.25) is 0 Å². The van der Waals surface area contributed by atoms with Gasteiger partial charge in [-0.05, 0) is 50.6 Å². The predicted molar refractivity (Wildman–Crippen MR) is 130 cm³/mol. The molecule has 0 saturated heterocycles. The van der Waals surface area contributed by atoms with E-state index in [2.05, 4.69) is 10.6 Å². The molecule has 3 rings (SSSR count). The molecule has 2 N–H and O–H groups in total. The van der Waals surface area contributed by atoms with Crippen LogP contribution < -0.4 is 10.6 Å². The molecule has 0 aliphatic heterocycles. The summed E-state index contributed by atoms with van der Waals surface area (Å²) in [6.45, 7) is 5.31. The molecule has 176 valence electrons. The highest BCUT2D eigenvalue weighted by molar-refractivity contribution is 7.19. The maximum Gasteiger partial charge on any atom is 0.341 e. The van der Waals surface area contributed by atoms with Gasteiger partial charge in [0, 0.05) is 5.56 Å². The Labute approximate surface area is 200 Å². The molecule has 0 spiro atoms. The largest absolute Gasteiger partial charge is 0.465 e. The van der Waals surface area contributed by atoms with Gasteiger partial charge < -0.3 is 20.1 Å². The first-order valence-corrected chi connectivity index (χ1v) is 11.3. The van der Waals surface area contributed by atoms with E-state index in [4.69, 9.17) is 9.47 Å². The first-order valence-electron chi connectivity index (χ1n) is 10.4. The molecule has 1 aromatic heterocycles. The van der Waals surface area contributed by atoms with E-state index in [-0.39, 0.29) is 33.3 Å². The van der Waals surface area contributed by atoms with Crippen molar-refractivity contribution in [3.63, 3.8) is 0 Å². The summed E-state index contributed by atoms with van der Waals surface area (Å²) < 4.78 is 9.92. The van der Waals surface area contributed by atoms with Gasteiger partial charge in [0.05, 0.1) is 35.4 Å². The zero-order chi connectivity index (χ0) is 24.8. The van der Waals surface area contributed by atoms with Crippen molar-refractivity contribution in [1.82, 2.24) is 0 Å². The number of thiophene rings is 1. The molecule has 34 heavy (non-hydrogen) atoms. The summed E-state index contributed by atoms with van der Waals surface area (Å²) >= 11 is 0.953. The second-order valence-electron chi connectivity index (χ2n) is 7.29. The van der Waals surface area contributed by atoms with E-state index in [0.29, 0.717) is 11.1 Å². The molecule has 2 aromatic carbocycles. The summed E-state index contributed by atoms with van der Waals surface area (Å²) in [5.41, 5.74) is 2.32. The lowest BCUT2D eigenvalue weighted by Gasteiger charge is -2.09. The number of hydrogen-bond donors (Lipinski definition) is 2. The Hall–Kier alpha value is -3.98. The summed E-state index contributed by atoms with van der Waals surface area (Å²) in [6.07, 6.45) is 0. The van der Waals surface area contributed by atoms with Crippen LogP contribution in [0.1, 0.15) is 58.8 Å². The molecule has 0 atom stereocenters. The maximum atomic E-state index is 13.1.